The lowest BCUT2D eigenvalue weighted by molar-refractivity contribution is -0.157. The molecular weight excluding hydrogens is 1200 g/mol. The Morgan fingerprint density at radius 1 is 0.467 bits per heavy atom. The van der Waals surface area contributed by atoms with Crippen LogP contribution in [0.1, 0.15) is 164 Å². The van der Waals surface area contributed by atoms with Gasteiger partial charge >= 0.3 is 0 Å². The molecule has 0 spiro atoms. The summed E-state index contributed by atoms with van der Waals surface area (Å²) in [6.07, 6.45) is 2.84. The molecule has 0 aromatic heterocycles. The van der Waals surface area contributed by atoms with E-state index in [9.17, 15) is 29.1 Å². The van der Waals surface area contributed by atoms with E-state index in [0.29, 0.717) is 31.8 Å². The number of amides is 11. The maximum atomic E-state index is 15.3. The minimum Gasteiger partial charge on any atom is -0.390 e. The molecule has 1 saturated heterocycles. The van der Waals surface area contributed by atoms with E-state index < -0.39 is 161 Å². The maximum absolute atomic E-state index is 15.3. The van der Waals surface area contributed by atoms with Crippen LogP contribution >= 0.6 is 11.8 Å². The maximum Gasteiger partial charge on any atom is 0.256 e. The van der Waals surface area contributed by atoms with Crippen LogP contribution in [0.25, 0.3) is 0 Å². The van der Waals surface area contributed by atoms with Crippen molar-refractivity contribution in [3.63, 3.8) is 0 Å². The van der Waals surface area contributed by atoms with Crippen molar-refractivity contribution >= 4 is 76.7 Å². The zero-order valence-electron chi connectivity index (χ0n) is 60.9. The molecule has 5 N–H and O–H groups in total. The third kappa shape index (κ3) is 23.3. The fourth-order valence-electron chi connectivity index (χ4n) is 11.7. The number of nitrogens with one attached hydrogen (secondary N) is 4. The van der Waals surface area contributed by atoms with E-state index in [0.717, 1.165) is 4.90 Å². The smallest absolute Gasteiger partial charge is 0.256 e. The van der Waals surface area contributed by atoms with Crippen LogP contribution in [0, 0.1) is 41.4 Å². The van der Waals surface area contributed by atoms with Gasteiger partial charge in [-0.15, -0.1) is 11.8 Å². The van der Waals surface area contributed by atoms with Crippen LogP contribution in [0.4, 0.5) is 0 Å². The van der Waals surface area contributed by atoms with Crippen LogP contribution in [0.15, 0.2) is 12.2 Å². The topological polar surface area (TPSA) is 282 Å². The number of thioether (sulfide) groups is 1. The molecule has 0 radical (unpaired) electrons. The number of aliphatic hydroxyl groups excluding tert-OH is 1. The van der Waals surface area contributed by atoms with Gasteiger partial charge in [0.15, 0.2) is 5.37 Å². The van der Waals surface area contributed by atoms with Gasteiger partial charge in [-0.05, 0) is 107 Å². The molecule has 0 aromatic carbocycles. The number of rotatable bonds is 20. The molecule has 1 aliphatic heterocycles. The Hall–Kier alpha value is -5.82. The van der Waals surface area contributed by atoms with Gasteiger partial charge in [0.2, 0.25) is 59.1 Å². The standard InChI is InChI=1S/C67H122N12O12S/c1-27-31-32-44(17)55(80)54-59(84)70-47(28-2)61(86)78(26)67(92-34-33-79(29-3)30-4)66(91)75(23)52(42(13)14)58(83)71-51(41(11)12)64(89)72(20)48(35-38(5)6)57(82)68-45(18)56(81)69-46(19)60(85)73(21)49(36-39(7)8)62(87)74(22)50(37-40(9)10)63(88)76(24)53(43(15)16)65(90)77(54)25/h27,31,38-55,67,80H,28-30,32-37H2,1-26H3,(H,68,82)(H,69,81)(H,70,84)(H,71,83)/b31-27+/t44-,45+,46-,47+,48+,49+,50+,51+,52+,53+,54+,55-,67-/m1/s1. The molecule has 92 heavy (non-hydrogen) atoms. The highest BCUT2D eigenvalue weighted by molar-refractivity contribution is 8.00. The van der Waals surface area contributed by atoms with Gasteiger partial charge in [-0.3, -0.25) is 52.7 Å². The molecule has 1 aliphatic rings. The summed E-state index contributed by atoms with van der Waals surface area (Å²) in [7, 11) is 10.1. The molecular formula is C67H122N12O12S. The zero-order chi connectivity index (χ0) is 71.3. The van der Waals surface area contributed by atoms with E-state index in [4.69, 9.17) is 0 Å². The van der Waals surface area contributed by atoms with Gasteiger partial charge in [0, 0.05) is 61.6 Å². The lowest BCUT2D eigenvalue weighted by Gasteiger charge is -2.41. The molecule has 0 aromatic rings. The average molecular weight is 1320 g/mol. The number of hydrogen-bond donors (Lipinski definition) is 5. The Morgan fingerprint density at radius 3 is 1.36 bits per heavy atom. The van der Waals surface area contributed by atoms with Crippen molar-refractivity contribution < 1.29 is 57.8 Å². The molecule has 1 heterocycles. The first kappa shape index (κ1) is 84.2. The molecule has 0 aliphatic carbocycles. The van der Waals surface area contributed by atoms with Crippen molar-refractivity contribution in [1.82, 2.24) is 60.5 Å². The average Bonchev–Trinajstić information content (AvgIpc) is 0.891. The molecule has 24 nitrogen and oxygen atoms in total. The van der Waals surface area contributed by atoms with Gasteiger partial charge in [0.05, 0.1) is 6.10 Å². The van der Waals surface area contributed by atoms with E-state index in [1.807, 2.05) is 68.4 Å². The van der Waals surface area contributed by atoms with Gasteiger partial charge in [0.25, 0.3) is 5.91 Å². The third-order valence-electron chi connectivity index (χ3n) is 17.6. The normalized spacial score (nSPS) is 26.7. The van der Waals surface area contributed by atoms with E-state index >= 15 is 28.8 Å². The van der Waals surface area contributed by atoms with Crippen molar-refractivity contribution in [2.45, 2.75) is 236 Å². The first-order chi connectivity index (χ1) is 42.6. The number of aliphatic hydroxyl groups is 1. The highest BCUT2D eigenvalue weighted by Gasteiger charge is 2.47. The van der Waals surface area contributed by atoms with Crippen LogP contribution in [0.5, 0.6) is 0 Å². The molecule has 0 bridgehead atoms. The number of likely N-dealkylation sites (N-methyl/N-ethyl adjacent to an activating group) is 7. The molecule has 1 rings (SSSR count). The van der Waals surface area contributed by atoms with Gasteiger partial charge in [-0.1, -0.05) is 123 Å². The largest absolute Gasteiger partial charge is 0.390 e. The van der Waals surface area contributed by atoms with Crippen molar-refractivity contribution in [3.05, 3.63) is 12.2 Å². The minimum atomic E-state index is -1.63. The number of allylic oxidation sites excluding steroid dienone is 2. The Labute approximate surface area is 556 Å². The molecule has 1 fully saturated rings. The highest BCUT2D eigenvalue weighted by atomic mass is 32.2. The summed E-state index contributed by atoms with van der Waals surface area (Å²) >= 11 is 1.18. The molecule has 11 amide bonds. The van der Waals surface area contributed by atoms with Crippen molar-refractivity contribution in [2.75, 3.05) is 74.7 Å². The van der Waals surface area contributed by atoms with Crippen molar-refractivity contribution in [3.8, 4) is 0 Å². The number of carbonyl (C=O) groups is 11. The lowest BCUT2D eigenvalue weighted by Crippen LogP contribution is -2.64. The van der Waals surface area contributed by atoms with E-state index in [-0.39, 0.29) is 43.4 Å². The number of nitrogens with zero attached hydrogens (tertiary/aromatic N) is 8. The minimum absolute atomic E-state index is 0.00450. The van der Waals surface area contributed by atoms with E-state index in [1.54, 1.807) is 61.5 Å². The molecule has 13 atom stereocenters. The highest BCUT2D eigenvalue weighted by Crippen LogP contribution is 2.27. The SMILES string of the molecule is C/C=C/C[C@@H](C)[C@@H](O)[C@H]1C(=O)N[C@@H](CC)C(=O)N(C)[C@H](SCCN(CC)CC)C(=O)N(C)[C@@H](C(C)C)C(=O)N[C@@H](C(C)C)C(=O)N(C)[C@@H](CC(C)C)C(=O)N[C@@H](C)C(=O)N[C@H](C)C(=O)N(C)[C@@H](CC(C)C)C(=O)N(C)[C@@H](CC(C)C)C(=O)N(C)[C@@H](C(C)C)C(=O)N1C. The second-order valence-corrected chi connectivity index (χ2v) is 28.8. The fraction of sp³-hybridized carbons (Fsp3) is 0.806. The Bertz CT molecular complexity index is 2490. The van der Waals surface area contributed by atoms with Gasteiger partial charge < -0.3 is 65.6 Å². The predicted octanol–water partition coefficient (Wildman–Crippen LogP) is 4.28. The van der Waals surface area contributed by atoms with Gasteiger partial charge in [-0.25, -0.2) is 0 Å². The Kier molecular flexibility index (Phi) is 35.8. The summed E-state index contributed by atoms with van der Waals surface area (Å²) in [6, 6.07) is -12.6. The second kappa shape index (κ2) is 39.1. The summed E-state index contributed by atoms with van der Waals surface area (Å²) in [4.78, 5) is 174. The fourth-order valence-corrected chi connectivity index (χ4v) is 13.0. The van der Waals surface area contributed by atoms with Crippen molar-refractivity contribution in [1.29, 1.82) is 0 Å². The monoisotopic (exact) mass is 1320 g/mol. The van der Waals surface area contributed by atoms with Gasteiger partial charge in [0.1, 0.15) is 60.4 Å². The number of hydrogen-bond acceptors (Lipinski definition) is 14. The molecule has 528 valence electrons. The lowest BCUT2D eigenvalue weighted by atomic mass is 9.91. The zero-order valence-corrected chi connectivity index (χ0v) is 61.7. The second-order valence-electron chi connectivity index (χ2n) is 27.6. The summed E-state index contributed by atoms with van der Waals surface area (Å²) in [6.45, 7) is 35.7. The molecule has 25 heteroatoms. The first-order valence-corrected chi connectivity index (χ1v) is 34.4. The Morgan fingerprint density at radius 2 is 0.902 bits per heavy atom. The molecule has 0 saturated carbocycles. The Balaban J connectivity index is 4.53. The summed E-state index contributed by atoms with van der Waals surface area (Å²) in [5.74, 6) is -9.84. The summed E-state index contributed by atoms with van der Waals surface area (Å²) in [5.41, 5.74) is 0. The van der Waals surface area contributed by atoms with Crippen LogP contribution < -0.4 is 21.3 Å². The summed E-state index contributed by atoms with van der Waals surface area (Å²) < 4.78 is 0. The van der Waals surface area contributed by atoms with Crippen LogP contribution in [0.3, 0.4) is 0 Å². The van der Waals surface area contributed by atoms with Crippen LogP contribution in [0.2, 0.25) is 0 Å². The predicted molar refractivity (Wildman–Crippen MR) is 363 cm³/mol. The van der Waals surface area contributed by atoms with E-state index in [2.05, 4.69) is 26.2 Å². The van der Waals surface area contributed by atoms with Crippen LogP contribution in [-0.4, -0.2) is 256 Å². The van der Waals surface area contributed by atoms with Crippen LogP contribution in [-0.2, 0) is 52.7 Å². The molecule has 0 unspecified atom stereocenters. The van der Waals surface area contributed by atoms with Crippen molar-refractivity contribution in [2.24, 2.45) is 41.4 Å². The van der Waals surface area contributed by atoms with E-state index in [1.165, 1.54) is 104 Å². The first-order valence-electron chi connectivity index (χ1n) is 33.3. The third-order valence-corrected chi connectivity index (χ3v) is 18.9. The number of carbonyl (C=O) groups excluding carboxylic acids is 11. The van der Waals surface area contributed by atoms with Gasteiger partial charge in [-0.2, -0.15) is 0 Å². The summed E-state index contributed by atoms with van der Waals surface area (Å²) in [5, 5.41) is 22.2. The quantitative estimate of drug-likeness (QED) is 0.107.